The van der Waals surface area contributed by atoms with E-state index in [1.54, 1.807) is 11.3 Å². The number of thiophene rings is 1. The number of nitrogens with zero attached hydrogens (tertiary/aromatic N) is 2. The van der Waals surface area contributed by atoms with Crippen LogP contribution >= 0.6 is 11.3 Å². The summed E-state index contributed by atoms with van der Waals surface area (Å²) in [5.41, 5.74) is 2.68. The van der Waals surface area contributed by atoms with Gasteiger partial charge in [0.1, 0.15) is 0 Å². The molecular weight excluding hydrogens is 218 g/mol. The largest absolute Gasteiger partial charge is 0.334 e. The second kappa shape index (κ2) is 5.82. The number of aryl methyl sites for hydroxylation is 1. The fourth-order valence-corrected chi connectivity index (χ4v) is 2.37. The van der Waals surface area contributed by atoms with Crippen LogP contribution in [0, 0.1) is 0 Å². The van der Waals surface area contributed by atoms with Crippen LogP contribution < -0.4 is 5.32 Å². The van der Waals surface area contributed by atoms with Gasteiger partial charge < -0.3 is 9.88 Å². The third-order valence-corrected chi connectivity index (χ3v) is 3.35. The molecule has 0 aliphatic carbocycles. The number of rotatable bonds is 6. The minimum absolute atomic E-state index is 0.901. The topological polar surface area (TPSA) is 29.9 Å². The Morgan fingerprint density at radius 3 is 3.19 bits per heavy atom. The van der Waals surface area contributed by atoms with Crippen LogP contribution in [0.15, 0.2) is 29.4 Å². The molecule has 0 saturated heterocycles. The molecule has 0 aromatic carbocycles. The van der Waals surface area contributed by atoms with Gasteiger partial charge in [-0.15, -0.1) is 0 Å². The van der Waals surface area contributed by atoms with Gasteiger partial charge in [-0.25, -0.2) is 4.98 Å². The lowest BCUT2D eigenvalue weighted by Gasteiger charge is -2.06. The monoisotopic (exact) mass is 235 g/mol. The molecule has 0 saturated carbocycles. The molecule has 0 unspecified atom stereocenters. The second-order valence-electron chi connectivity index (χ2n) is 3.73. The summed E-state index contributed by atoms with van der Waals surface area (Å²) in [5.74, 6) is 0. The van der Waals surface area contributed by atoms with Crippen LogP contribution in [0.2, 0.25) is 0 Å². The number of imidazole rings is 1. The molecular formula is C12H17N3S. The molecule has 0 spiro atoms. The van der Waals surface area contributed by atoms with Crippen molar-refractivity contribution < 1.29 is 0 Å². The first-order valence-electron chi connectivity index (χ1n) is 5.61. The van der Waals surface area contributed by atoms with Crippen LogP contribution in [0.4, 0.5) is 0 Å². The molecule has 0 bridgehead atoms. The summed E-state index contributed by atoms with van der Waals surface area (Å²) in [6.45, 7) is 5.04. The average Bonchev–Trinajstić information content (AvgIpc) is 2.95. The van der Waals surface area contributed by atoms with Gasteiger partial charge in [0.2, 0.25) is 0 Å². The Morgan fingerprint density at radius 1 is 1.50 bits per heavy atom. The maximum atomic E-state index is 4.15. The summed E-state index contributed by atoms with van der Waals surface area (Å²) in [6.07, 6.45) is 4.92. The van der Waals surface area contributed by atoms with E-state index < -0.39 is 0 Å². The molecule has 2 aromatic heterocycles. The van der Waals surface area contributed by atoms with Crippen molar-refractivity contribution in [2.45, 2.75) is 26.4 Å². The SMILES string of the molecule is CCn1cncc1CNCCc1ccsc1. The highest BCUT2D eigenvalue weighted by Crippen LogP contribution is 2.06. The van der Waals surface area contributed by atoms with Gasteiger partial charge in [-0.2, -0.15) is 11.3 Å². The van der Waals surface area contributed by atoms with E-state index in [9.17, 15) is 0 Å². The standard InChI is InChI=1S/C12H17N3S/c1-2-15-10-14-8-12(15)7-13-5-3-11-4-6-16-9-11/h4,6,8-10,13H,2-3,5,7H2,1H3. The molecule has 0 amide bonds. The van der Waals surface area contributed by atoms with Gasteiger partial charge in [-0.1, -0.05) is 0 Å². The Kier molecular flexibility index (Phi) is 4.13. The summed E-state index contributed by atoms with van der Waals surface area (Å²) in [6, 6.07) is 2.18. The molecule has 2 aromatic rings. The van der Waals surface area contributed by atoms with E-state index in [2.05, 4.69) is 38.6 Å². The molecule has 16 heavy (non-hydrogen) atoms. The average molecular weight is 235 g/mol. The Bertz CT molecular complexity index is 406. The van der Waals surface area contributed by atoms with Crippen molar-refractivity contribution >= 4 is 11.3 Å². The van der Waals surface area contributed by atoms with Crippen LogP contribution in [-0.2, 0) is 19.5 Å². The van der Waals surface area contributed by atoms with Gasteiger partial charge in [0.25, 0.3) is 0 Å². The van der Waals surface area contributed by atoms with E-state index in [-0.39, 0.29) is 0 Å². The van der Waals surface area contributed by atoms with E-state index in [0.29, 0.717) is 0 Å². The van der Waals surface area contributed by atoms with Gasteiger partial charge in [0.05, 0.1) is 12.0 Å². The van der Waals surface area contributed by atoms with E-state index in [1.807, 2.05) is 12.5 Å². The molecule has 86 valence electrons. The molecule has 0 aliphatic rings. The minimum Gasteiger partial charge on any atom is -0.334 e. The maximum Gasteiger partial charge on any atom is 0.0948 e. The van der Waals surface area contributed by atoms with Crippen LogP contribution in [0.25, 0.3) is 0 Å². The number of hydrogen-bond donors (Lipinski definition) is 1. The van der Waals surface area contributed by atoms with Crippen LogP contribution in [-0.4, -0.2) is 16.1 Å². The van der Waals surface area contributed by atoms with E-state index in [4.69, 9.17) is 0 Å². The van der Waals surface area contributed by atoms with Gasteiger partial charge in [0, 0.05) is 19.3 Å². The highest BCUT2D eigenvalue weighted by atomic mass is 32.1. The lowest BCUT2D eigenvalue weighted by molar-refractivity contribution is 0.628. The quantitative estimate of drug-likeness (QED) is 0.779. The van der Waals surface area contributed by atoms with Crippen molar-refractivity contribution in [1.29, 1.82) is 0 Å². The predicted octanol–water partition coefficient (Wildman–Crippen LogP) is 2.30. The molecule has 4 heteroatoms. The molecule has 1 N–H and O–H groups in total. The smallest absolute Gasteiger partial charge is 0.0948 e. The lowest BCUT2D eigenvalue weighted by atomic mass is 10.2. The normalized spacial score (nSPS) is 10.8. The fourth-order valence-electron chi connectivity index (χ4n) is 1.66. The Balaban J connectivity index is 1.72. The highest BCUT2D eigenvalue weighted by Gasteiger charge is 1.99. The predicted molar refractivity (Wildman–Crippen MR) is 67.6 cm³/mol. The summed E-state index contributed by atoms with van der Waals surface area (Å²) in [4.78, 5) is 4.15. The van der Waals surface area contributed by atoms with Crippen molar-refractivity contribution in [3.05, 3.63) is 40.6 Å². The first-order chi connectivity index (χ1) is 7.90. The van der Waals surface area contributed by atoms with Gasteiger partial charge in [0.15, 0.2) is 0 Å². The summed E-state index contributed by atoms with van der Waals surface area (Å²) in [7, 11) is 0. The molecule has 0 aliphatic heterocycles. The van der Waals surface area contributed by atoms with Crippen molar-refractivity contribution in [1.82, 2.24) is 14.9 Å². The zero-order valence-corrected chi connectivity index (χ0v) is 10.3. The van der Waals surface area contributed by atoms with Gasteiger partial charge in [-0.05, 0) is 42.3 Å². The Labute approximate surface area is 100 Å². The van der Waals surface area contributed by atoms with Crippen molar-refractivity contribution in [2.24, 2.45) is 0 Å². The fraction of sp³-hybridized carbons (Fsp3) is 0.417. The second-order valence-corrected chi connectivity index (χ2v) is 4.51. The molecule has 0 fully saturated rings. The minimum atomic E-state index is 0.901. The molecule has 2 heterocycles. The van der Waals surface area contributed by atoms with E-state index >= 15 is 0 Å². The summed E-state index contributed by atoms with van der Waals surface area (Å²) < 4.78 is 2.16. The van der Waals surface area contributed by atoms with E-state index in [1.165, 1.54) is 11.3 Å². The zero-order chi connectivity index (χ0) is 11.2. The van der Waals surface area contributed by atoms with Gasteiger partial charge in [-0.3, -0.25) is 0 Å². The molecule has 0 atom stereocenters. The molecule has 0 radical (unpaired) electrons. The first-order valence-corrected chi connectivity index (χ1v) is 6.55. The van der Waals surface area contributed by atoms with Crippen LogP contribution in [0.5, 0.6) is 0 Å². The van der Waals surface area contributed by atoms with Crippen molar-refractivity contribution in [3.8, 4) is 0 Å². The maximum absolute atomic E-state index is 4.15. The van der Waals surface area contributed by atoms with Gasteiger partial charge >= 0.3 is 0 Å². The number of hydrogen-bond acceptors (Lipinski definition) is 3. The van der Waals surface area contributed by atoms with Crippen molar-refractivity contribution in [3.63, 3.8) is 0 Å². The lowest BCUT2D eigenvalue weighted by Crippen LogP contribution is -2.18. The highest BCUT2D eigenvalue weighted by molar-refractivity contribution is 7.07. The third kappa shape index (κ3) is 2.93. The van der Waals surface area contributed by atoms with Crippen molar-refractivity contribution in [2.75, 3.05) is 6.54 Å². The number of aromatic nitrogens is 2. The Morgan fingerprint density at radius 2 is 2.44 bits per heavy atom. The summed E-state index contributed by atoms with van der Waals surface area (Å²) >= 11 is 1.76. The zero-order valence-electron chi connectivity index (χ0n) is 9.52. The van der Waals surface area contributed by atoms with E-state index in [0.717, 1.165) is 26.1 Å². The first kappa shape index (κ1) is 11.4. The number of nitrogens with one attached hydrogen (secondary N) is 1. The molecule has 2 rings (SSSR count). The van der Waals surface area contributed by atoms with Crippen LogP contribution in [0.3, 0.4) is 0 Å². The van der Waals surface area contributed by atoms with Crippen LogP contribution in [0.1, 0.15) is 18.2 Å². The molecule has 3 nitrogen and oxygen atoms in total. The third-order valence-electron chi connectivity index (χ3n) is 2.62. The Hall–Kier alpha value is -1.13. The summed E-state index contributed by atoms with van der Waals surface area (Å²) in [5, 5.41) is 7.78.